The molecule has 0 spiro atoms. The molecule has 5 heteroatoms. The number of aliphatic carboxylic acids is 1. The first-order valence-electron chi connectivity index (χ1n) is 6.74. The average molecular weight is 277 g/mol. The number of anilines is 1. The van der Waals surface area contributed by atoms with Gasteiger partial charge < -0.3 is 15.1 Å². The topological polar surface area (TPSA) is 77.8 Å². The number of carboxylic acids is 1. The van der Waals surface area contributed by atoms with E-state index in [9.17, 15) is 19.8 Å². The molecule has 1 amide bonds. The van der Waals surface area contributed by atoms with Crippen LogP contribution in [-0.2, 0) is 9.59 Å². The van der Waals surface area contributed by atoms with Gasteiger partial charge in [0.05, 0.1) is 5.41 Å². The molecule has 1 fully saturated rings. The van der Waals surface area contributed by atoms with E-state index in [-0.39, 0.29) is 18.1 Å². The Labute approximate surface area is 117 Å². The van der Waals surface area contributed by atoms with Crippen LogP contribution in [0.2, 0.25) is 0 Å². The molecule has 1 saturated carbocycles. The molecule has 1 aliphatic carbocycles. The fourth-order valence-electron chi connectivity index (χ4n) is 2.77. The van der Waals surface area contributed by atoms with Gasteiger partial charge in [0.25, 0.3) is 0 Å². The van der Waals surface area contributed by atoms with Crippen LogP contribution in [0.4, 0.5) is 5.69 Å². The third kappa shape index (κ3) is 2.76. The molecule has 0 atom stereocenters. The average Bonchev–Trinajstić information content (AvgIpc) is 2.87. The van der Waals surface area contributed by atoms with E-state index in [0.29, 0.717) is 18.5 Å². The summed E-state index contributed by atoms with van der Waals surface area (Å²) in [5, 5.41) is 18.8. The largest absolute Gasteiger partial charge is 0.508 e. The molecule has 0 unspecified atom stereocenters. The highest BCUT2D eigenvalue weighted by Gasteiger charge is 2.43. The molecule has 20 heavy (non-hydrogen) atoms. The maximum absolute atomic E-state index is 12.3. The molecule has 108 valence electrons. The van der Waals surface area contributed by atoms with Crippen LogP contribution in [0.15, 0.2) is 24.3 Å². The van der Waals surface area contributed by atoms with E-state index >= 15 is 0 Å². The summed E-state index contributed by atoms with van der Waals surface area (Å²) in [4.78, 5) is 25.2. The van der Waals surface area contributed by atoms with Crippen molar-refractivity contribution in [1.82, 2.24) is 0 Å². The Kier molecular flexibility index (Phi) is 3.97. The van der Waals surface area contributed by atoms with Crippen LogP contribution in [0.1, 0.15) is 32.1 Å². The van der Waals surface area contributed by atoms with Gasteiger partial charge in [-0.2, -0.15) is 0 Å². The Morgan fingerprint density at radius 2 is 1.95 bits per heavy atom. The SMILES string of the molecule is CN(C(=O)CC1(C(=O)O)CCCC1)c1cccc(O)c1. The number of phenols is 1. The Balaban J connectivity index is 2.13. The smallest absolute Gasteiger partial charge is 0.310 e. The summed E-state index contributed by atoms with van der Waals surface area (Å²) >= 11 is 0. The van der Waals surface area contributed by atoms with E-state index in [1.54, 1.807) is 19.2 Å². The third-order valence-electron chi connectivity index (χ3n) is 4.10. The molecule has 0 aliphatic heterocycles. The summed E-state index contributed by atoms with van der Waals surface area (Å²) in [6, 6.07) is 6.37. The number of carbonyl (C=O) groups excluding carboxylic acids is 1. The number of nitrogens with zero attached hydrogens (tertiary/aromatic N) is 1. The first kappa shape index (κ1) is 14.4. The quantitative estimate of drug-likeness (QED) is 0.885. The highest BCUT2D eigenvalue weighted by molar-refractivity contribution is 5.96. The van der Waals surface area contributed by atoms with Crippen LogP contribution >= 0.6 is 0 Å². The first-order chi connectivity index (χ1) is 9.44. The minimum atomic E-state index is -0.915. The summed E-state index contributed by atoms with van der Waals surface area (Å²) in [7, 11) is 1.60. The minimum Gasteiger partial charge on any atom is -0.508 e. The van der Waals surface area contributed by atoms with Crippen molar-refractivity contribution < 1.29 is 19.8 Å². The Hall–Kier alpha value is -2.04. The number of rotatable bonds is 4. The third-order valence-corrected chi connectivity index (χ3v) is 4.10. The monoisotopic (exact) mass is 277 g/mol. The van der Waals surface area contributed by atoms with E-state index < -0.39 is 11.4 Å². The Bertz CT molecular complexity index is 520. The van der Waals surface area contributed by atoms with Crippen molar-refractivity contribution in [2.45, 2.75) is 32.1 Å². The summed E-state index contributed by atoms with van der Waals surface area (Å²) in [6.45, 7) is 0. The molecule has 2 N–H and O–H groups in total. The van der Waals surface area contributed by atoms with Crippen molar-refractivity contribution in [1.29, 1.82) is 0 Å². The normalized spacial score (nSPS) is 16.9. The lowest BCUT2D eigenvalue weighted by atomic mass is 9.82. The second kappa shape index (κ2) is 5.53. The molecule has 1 aliphatic rings. The molecule has 5 nitrogen and oxygen atoms in total. The molecule has 1 aromatic carbocycles. The highest BCUT2D eigenvalue weighted by atomic mass is 16.4. The lowest BCUT2D eigenvalue weighted by Crippen LogP contribution is -2.36. The highest BCUT2D eigenvalue weighted by Crippen LogP contribution is 2.42. The van der Waals surface area contributed by atoms with E-state index in [0.717, 1.165) is 12.8 Å². The number of aromatic hydroxyl groups is 1. The van der Waals surface area contributed by atoms with Gasteiger partial charge >= 0.3 is 5.97 Å². The van der Waals surface area contributed by atoms with Crippen LogP contribution in [0.3, 0.4) is 0 Å². The second-order valence-electron chi connectivity index (χ2n) is 5.44. The fourth-order valence-corrected chi connectivity index (χ4v) is 2.77. The summed E-state index contributed by atoms with van der Waals surface area (Å²) in [6.07, 6.45) is 2.84. The van der Waals surface area contributed by atoms with Gasteiger partial charge in [0, 0.05) is 25.2 Å². The van der Waals surface area contributed by atoms with Gasteiger partial charge in [0.15, 0.2) is 0 Å². The summed E-state index contributed by atoms with van der Waals surface area (Å²) in [5.74, 6) is -1.04. The minimum absolute atomic E-state index is 0.00842. The Morgan fingerprint density at radius 3 is 2.50 bits per heavy atom. The van der Waals surface area contributed by atoms with E-state index in [1.165, 1.54) is 17.0 Å². The van der Waals surface area contributed by atoms with Crippen molar-refractivity contribution >= 4 is 17.6 Å². The summed E-state index contributed by atoms with van der Waals surface area (Å²) in [5.41, 5.74) is -0.351. The molecule has 2 rings (SSSR count). The van der Waals surface area contributed by atoms with Crippen LogP contribution in [0, 0.1) is 5.41 Å². The van der Waals surface area contributed by atoms with Gasteiger partial charge in [0.1, 0.15) is 5.75 Å². The molecular weight excluding hydrogens is 258 g/mol. The zero-order valence-electron chi connectivity index (χ0n) is 11.5. The molecule has 0 aromatic heterocycles. The number of amides is 1. The van der Waals surface area contributed by atoms with Gasteiger partial charge in [-0.05, 0) is 25.0 Å². The van der Waals surface area contributed by atoms with Crippen LogP contribution < -0.4 is 4.90 Å². The molecule has 0 radical (unpaired) electrons. The standard InChI is InChI=1S/C15H19NO4/c1-16(11-5-4-6-12(17)9-11)13(18)10-15(14(19)20)7-2-3-8-15/h4-6,9,17H,2-3,7-8,10H2,1H3,(H,19,20). The van der Waals surface area contributed by atoms with Gasteiger partial charge in [0.2, 0.25) is 5.91 Å². The lowest BCUT2D eigenvalue weighted by molar-refractivity contribution is -0.151. The van der Waals surface area contributed by atoms with Crippen LogP contribution in [0.25, 0.3) is 0 Å². The lowest BCUT2D eigenvalue weighted by Gasteiger charge is -2.26. The summed E-state index contributed by atoms with van der Waals surface area (Å²) < 4.78 is 0. The maximum Gasteiger partial charge on any atom is 0.310 e. The van der Waals surface area contributed by atoms with Crippen LogP contribution in [-0.4, -0.2) is 29.1 Å². The van der Waals surface area contributed by atoms with E-state index in [1.807, 2.05) is 0 Å². The predicted octanol–water partition coefficient (Wildman–Crippen LogP) is 2.39. The number of carbonyl (C=O) groups is 2. The zero-order chi connectivity index (χ0) is 14.8. The van der Waals surface area contributed by atoms with Gasteiger partial charge in [-0.15, -0.1) is 0 Å². The van der Waals surface area contributed by atoms with Gasteiger partial charge in [-0.3, -0.25) is 9.59 Å². The number of benzene rings is 1. The second-order valence-corrected chi connectivity index (χ2v) is 5.44. The number of hydrogen-bond acceptors (Lipinski definition) is 3. The molecule has 0 bridgehead atoms. The van der Waals surface area contributed by atoms with Crippen molar-refractivity contribution in [2.75, 3.05) is 11.9 Å². The van der Waals surface area contributed by atoms with Crippen molar-refractivity contribution in [2.24, 2.45) is 5.41 Å². The van der Waals surface area contributed by atoms with Gasteiger partial charge in [-0.1, -0.05) is 18.9 Å². The zero-order valence-corrected chi connectivity index (χ0v) is 11.5. The van der Waals surface area contributed by atoms with Crippen molar-refractivity contribution in [3.63, 3.8) is 0 Å². The molecule has 0 heterocycles. The molecule has 1 aromatic rings. The van der Waals surface area contributed by atoms with E-state index in [2.05, 4.69) is 0 Å². The Morgan fingerprint density at radius 1 is 1.30 bits per heavy atom. The van der Waals surface area contributed by atoms with Crippen molar-refractivity contribution in [3.8, 4) is 5.75 Å². The number of phenolic OH excluding ortho intramolecular Hbond substituents is 1. The first-order valence-corrected chi connectivity index (χ1v) is 6.74. The van der Waals surface area contributed by atoms with Crippen LogP contribution in [0.5, 0.6) is 5.75 Å². The van der Waals surface area contributed by atoms with Crippen molar-refractivity contribution in [3.05, 3.63) is 24.3 Å². The fraction of sp³-hybridized carbons (Fsp3) is 0.467. The molecular formula is C15H19NO4. The number of carboxylic acid groups (broad SMARTS) is 1. The number of hydrogen-bond donors (Lipinski definition) is 2. The molecule has 0 saturated heterocycles. The maximum atomic E-state index is 12.3. The van der Waals surface area contributed by atoms with E-state index in [4.69, 9.17) is 0 Å². The van der Waals surface area contributed by atoms with Gasteiger partial charge in [-0.25, -0.2) is 0 Å². The predicted molar refractivity (Wildman–Crippen MR) is 74.7 cm³/mol.